The molecule has 1 aliphatic rings. The van der Waals surface area contributed by atoms with Gasteiger partial charge in [0.2, 0.25) is 0 Å². The molecule has 1 aromatic heterocycles. The number of benzene rings is 1. The van der Waals surface area contributed by atoms with Gasteiger partial charge in [-0.1, -0.05) is 5.92 Å². The third-order valence-corrected chi connectivity index (χ3v) is 7.15. The van der Waals surface area contributed by atoms with Crippen molar-refractivity contribution in [3.05, 3.63) is 34.3 Å². The number of aliphatic hydroxyl groups is 1. The van der Waals surface area contributed by atoms with Crippen LogP contribution in [0.1, 0.15) is 18.9 Å². The van der Waals surface area contributed by atoms with Crippen molar-refractivity contribution in [2.24, 2.45) is 0 Å². The average molecular weight is 448 g/mol. The van der Waals surface area contributed by atoms with Crippen LogP contribution in [-0.4, -0.2) is 59.0 Å². The Bertz CT molecular complexity index is 1310. The standard InChI is InChI=1S/C20H20N2O8S/c1-19(17(23)21-26,31(2,27)28)9-10-22-15-7-6-14(11-16(15)30-18(22)24)5-3-4-8-20(25)12-29-13-20/h6-7,11,25-26H,9-10,12-13H2,1-2H3,(H,21,23)/t19-/m1/s1. The maximum Gasteiger partial charge on any atom is 0.419 e. The number of hydrogen-bond acceptors (Lipinski definition) is 8. The van der Waals surface area contributed by atoms with E-state index in [1.54, 1.807) is 12.1 Å². The maximum atomic E-state index is 12.3. The first kappa shape index (κ1) is 22.6. The van der Waals surface area contributed by atoms with Gasteiger partial charge in [-0.2, -0.15) is 0 Å². The maximum absolute atomic E-state index is 12.3. The molecule has 1 saturated heterocycles. The van der Waals surface area contributed by atoms with Crippen LogP contribution in [-0.2, 0) is 25.9 Å². The molecule has 31 heavy (non-hydrogen) atoms. The van der Waals surface area contributed by atoms with Crippen molar-refractivity contribution < 1.29 is 32.7 Å². The van der Waals surface area contributed by atoms with Crippen LogP contribution in [0.3, 0.4) is 0 Å². The molecule has 0 bridgehead atoms. The molecule has 0 saturated carbocycles. The summed E-state index contributed by atoms with van der Waals surface area (Å²) in [6.45, 7) is 1.32. The van der Waals surface area contributed by atoms with Gasteiger partial charge >= 0.3 is 5.76 Å². The summed E-state index contributed by atoms with van der Waals surface area (Å²) in [5.41, 5.74) is 1.34. The van der Waals surface area contributed by atoms with Crippen LogP contribution in [0, 0.1) is 23.7 Å². The molecule has 0 spiro atoms. The van der Waals surface area contributed by atoms with Crippen LogP contribution in [0.5, 0.6) is 0 Å². The fourth-order valence-corrected chi connectivity index (χ4v) is 3.73. The zero-order valence-corrected chi connectivity index (χ0v) is 17.6. The number of hydrogen-bond donors (Lipinski definition) is 3. The highest BCUT2D eigenvalue weighted by Crippen LogP contribution is 2.23. The SMILES string of the molecule is C[C@@](CCn1c(=O)oc2cc(C#CC#CC3(O)COC3)ccc21)(C(=O)NO)S(C)(=O)=O. The van der Waals surface area contributed by atoms with Crippen LogP contribution in [0.4, 0.5) is 0 Å². The summed E-state index contributed by atoms with van der Waals surface area (Å²) in [5, 5.41) is 18.7. The second-order valence-corrected chi connectivity index (χ2v) is 9.87. The second kappa shape index (κ2) is 8.21. The van der Waals surface area contributed by atoms with Gasteiger partial charge < -0.3 is 14.3 Å². The highest BCUT2D eigenvalue weighted by molar-refractivity contribution is 7.92. The molecule has 3 rings (SSSR count). The van der Waals surface area contributed by atoms with Crippen LogP contribution >= 0.6 is 0 Å². The lowest BCUT2D eigenvalue weighted by Crippen LogP contribution is -2.49. The average Bonchev–Trinajstić information content (AvgIpc) is 3.00. The van der Waals surface area contributed by atoms with E-state index in [-0.39, 0.29) is 31.8 Å². The molecule has 1 fully saturated rings. The van der Waals surface area contributed by atoms with E-state index in [2.05, 4.69) is 23.7 Å². The Balaban J connectivity index is 1.84. The third kappa shape index (κ3) is 4.50. The molecule has 1 atom stereocenters. The van der Waals surface area contributed by atoms with E-state index in [0.29, 0.717) is 11.1 Å². The van der Waals surface area contributed by atoms with E-state index in [1.807, 2.05) is 0 Å². The molecule has 0 aliphatic carbocycles. The number of ether oxygens (including phenoxy) is 1. The molecule has 2 heterocycles. The highest BCUT2D eigenvalue weighted by atomic mass is 32.2. The lowest BCUT2D eigenvalue weighted by Gasteiger charge is -2.30. The van der Waals surface area contributed by atoms with E-state index >= 15 is 0 Å². The predicted molar refractivity (Wildman–Crippen MR) is 109 cm³/mol. The quantitative estimate of drug-likeness (QED) is 0.312. The van der Waals surface area contributed by atoms with E-state index in [1.165, 1.54) is 23.0 Å². The minimum absolute atomic E-state index is 0.139. The van der Waals surface area contributed by atoms with Crippen molar-refractivity contribution in [2.45, 2.75) is 30.2 Å². The molecule has 0 unspecified atom stereocenters. The number of nitrogens with one attached hydrogen (secondary N) is 1. The van der Waals surface area contributed by atoms with Crippen molar-refractivity contribution in [1.82, 2.24) is 10.0 Å². The van der Waals surface area contributed by atoms with Gasteiger partial charge in [0.05, 0.1) is 18.7 Å². The third-order valence-electron chi connectivity index (χ3n) is 5.13. The number of nitrogens with zero attached hydrogens (tertiary/aromatic N) is 1. The first-order chi connectivity index (χ1) is 14.5. The number of fused-ring (bicyclic) bond motifs is 1. The number of aromatic nitrogens is 1. The number of carbonyl (C=O) groups is 1. The zero-order chi connectivity index (χ0) is 22.9. The Labute approximate surface area is 177 Å². The van der Waals surface area contributed by atoms with Crippen molar-refractivity contribution in [1.29, 1.82) is 0 Å². The molecule has 10 nitrogen and oxygen atoms in total. The zero-order valence-electron chi connectivity index (χ0n) is 16.8. The van der Waals surface area contributed by atoms with Gasteiger partial charge in [-0.3, -0.25) is 14.6 Å². The fourth-order valence-electron chi connectivity index (χ4n) is 2.89. The summed E-state index contributed by atoms with van der Waals surface area (Å²) < 4.78 is 33.5. The number of aryl methyl sites for hydroxylation is 1. The molecule has 164 valence electrons. The van der Waals surface area contributed by atoms with Gasteiger partial charge in [0.25, 0.3) is 5.91 Å². The van der Waals surface area contributed by atoms with Gasteiger partial charge in [-0.05, 0) is 49.3 Å². The lowest BCUT2D eigenvalue weighted by atomic mass is 10.0. The minimum Gasteiger partial charge on any atom is -0.408 e. The Morgan fingerprint density at radius 1 is 1.35 bits per heavy atom. The molecule has 11 heteroatoms. The minimum atomic E-state index is -3.90. The normalized spacial score (nSPS) is 16.8. The summed E-state index contributed by atoms with van der Waals surface area (Å²) in [6, 6.07) is 4.73. The van der Waals surface area contributed by atoms with Crippen molar-refractivity contribution in [3.63, 3.8) is 0 Å². The van der Waals surface area contributed by atoms with Crippen LogP contribution in [0.15, 0.2) is 27.4 Å². The topological polar surface area (TPSA) is 148 Å². The van der Waals surface area contributed by atoms with Crippen LogP contribution in [0.2, 0.25) is 0 Å². The number of amides is 1. The van der Waals surface area contributed by atoms with E-state index in [4.69, 9.17) is 14.4 Å². The Morgan fingerprint density at radius 2 is 2.06 bits per heavy atom. The summed E-state index contributed by atoms with van der Waals surface area (Å²) in [4.78, 5) is 24.2. The second-order valence-electron chi connectivity index (χ2n) is 7.42. The van der Waals surface area contributed by atoms with Crippen LogP contribution in [0.25, 0.3) is 11.1 Å². The highest BCUT2D eigenvalue weighted by Gasteiger charge is 2.43. The number of hydroxylamine groups is 1. The molecule has 0 radical (unpaired) electrons. The van der Waals surface area contributed by atoms with Crippen LogP contribution < -0.4 is 11.2 Å². The molecule has 1 aliphatic heterocycles. The van der Waals surface area contributed by atoms with Gasteiger partial charge in [-0.25, -0.2) is 18.7 Å². The molecule has 3 N–H and O–H groups in total. The number of oxazole rings is 1. The molecule has 2 aromatic rings. The lowest BCUT2D eigenvalue weighted by molar-refractivity contribution is -0.140. The van der Waals surface area contributed by atoms with E-state index in [0.717, 1.165) is 6.26 Å². The number of rotatable bonds is 5. The van der Waals surface area contributed by atoms with Gasteiger partial charge in [0, 0.05) is 18.4 Å². The van der Waals surface area contributed by atoms with Gasteiger partial charge in [0.1, 0.15) is 0 Å². The smallest absolute Gasteiger partial charge is 0.408 e. The fraction of sp³-hybridized carbons (Fsp3) is 0.400. The van der Waals surface area contributed by atoms with Crippen molar-refractivity contribution in [3.8, 4) is 23.7 Å². The first-order valence-electron chi connectivity index (χ1n) is 9.10. The number of carbonyl (C=O) groups excluding carboxylic acids is 1. The Hall–Kier alpha value is -3.09. The largest absolute Gasteiger partial charge is 0.419 e. The summed E-state index contributed by atoms with van der Waals surface area (Å²) in [7, 11) is -3.90. The van der Waals surface area contributed by atoms with E-state index in [9.17, 15) is 23.1 Å². The van der Waals surface area contributed by atoms with E-state index < -0.39 is 31.8 Å². The molecular weight excluding hydrogens is 428 g/mol. The Kier molecular flexibility index (Phi) is 5.98. The first-order valence-corrected chi connectivity index (χ1v) is 11.0. The molecular formula is C20H20N2O8S. The Morgan fingerprint density at radius 3 is 2.65 bits per heavy atom. The van der Waals surface area contributed by atoms with Crippen molar-refractivity contribution >= 4 is 26.8 Å². The monoisotopic (exact) mass is 448 g/mol. The number of sulfone groups is 1. The summed E-state index contributed by atoms with van der Waals surface area (Å²) in [6.07, 6.45) is 0.611. The summed E-state index contributed by atoms with van der Waals surface area (Å²) >= 11 is 0. The van der Waals surface area contributed by atoms with Gasteiger partial charge in [-0.15, -0.1) is 0 Å². The van der Waals surface area contributed by atoms with Crippen molar-refractivity contribution in [2.75, 3.05) is 19.5 Å². The molecule has 1 aromatic carbocycles. The predicted octanol–water partition coefficient (Wildman–Crippen LogP) is -0.590. The molecule has 1 amide bonds. The summed E-state index contributed by atoms with van der Waals surface area (Å²) in [5.74, 6) is 8.72. The van der Waals surface area contributed by atoms with Gasteiger partial charge in [0.15, 0.2) is 25.8 Å².